The van der Waals surface area contributed by atoms with E-state index in [1.54, 1.807) is 68.6 Å². The molecule has 8 atom stereocenters. The van der Waals surface area contributed by atoms with E-state index in [-0.39, 0.29) is 50.1 Å². The highest BCUT2D eigenvalue weighted by Crippen LogP contribution is 2.39. The number of hydrogen-bond donors (Lipinski definition) is 12. The predicted molar refractivity (Wildman–Crippen MR) is 288 cm³/mol. The van der Waals surface area contributed by atoms with Gasteiger partial charge in [0.1, 0.15) is 42.3 Å². The zero-order valence-electron chi connectivity index (χ0n) is 42.7. The molecule has 5 rings (SSSR count). The molecule has 0 radical (unpaired) electrons. The van der Waals surface area contributed by atoms with Crippen LogP contribution >= 0.6 is 21.6 Å². The standard InChI is InChI=1S/C51H65N11O13S2/c1-27(2)41(50(72)73)60-48(70)39-26-76-77-51(3,4)42(61-43(65)33(53)24-40(63)64)49(71)58-37(21-28-11-6-5-7-12-28)45(67)57-38(23-30-25-54-34-14-9-8-13-32(30)34)47(69)55-35(15-10-20-52)44(66)56-36(46(68)59-39)22-29-16-18-31(19-17-29)62(74)75/h5-9,11-14,16-19,25,27,33,35-39,41-42,54H,10,15,20-24,26,52-53H2,1-4H3,(H,55,69)(H,56,66)(H,57,67)(H,58,71)(H,59,68)(H,60,70)(H,61,65)(H,63,64)(H,72,73)/t33-,35-,36-,37-,38+,39-,41-,42+/m0/s1. The lowest BCUT2D eigenvalue weighted by Gasteiger charge is -2.35. The molecule has 26 heteroatoms. The summed E-state index contributed by atoms with van der Waals surface area (Å²) in [5.74, 6) is -10.3. The van der Waals surface area contributed by atoms with Crippen LogP contribution in [-0.4, -0.2) is 139 Å². The van der Waals surface area contributed by atoms with E-state index in [4.69, 9.17) is 11.5 Å². The number of carbonyl (C=O) groups excluding carboxylic acids is 7. The first-order chi connectivity index (χ1) is 36.5. The van der Waals surface area contributed by atoms with Crippen LogP contribution in [0.5, 0.6) is 0 Å². The van der Waals surface area contributed by atoms with E-state index in [0.29, 0.717) is 27.6 Å². The highest BCUT2D eigenvalue weighted by molar-refractivity contribution is 8.77. The molecule has 1 aliphatic heterocycles. The smallest absolute Gasteiger partial charge is 0.326 e. The largest absolute Gasteiger partial charge is 0.481 e. The Bertz CT molecular complexity index is 2780. The number of para-hydroxylation sites is 1. The van der Waals surface area contributed by atoms with E-state index in [1.807, 2.05) is 6.07 Å². The number of rotatable bonds is 18. The van der Waals surface area contributed by atoms with Gasteiger partial charge in [-0.05, 0) is 61.9 Å². The zero-order valence-corrected chi connectivity index (χ0v) is 44.4. The van der Waals surface area contributed by atoms with E-state index in [2.05, 4.69) is 42.2 Å². The quantitative estimate of drug-likeness (QED) is 0.0375. The van der Waals surface area contributed by atoms with Crippen molar-refractivity contribution < 1.29 is 58.3 Å². The van der Waals surface area contributed by atoms with Gasteiger partial charge in [-0.25, -0.2) is 4.79 Å². The van der Waals surface area contributed by atoms with Crippen molar-refractivity contribution in [2.45, 2.75) is 119 Å². The fourth-order valence-corrected chi connectivity index (χ4v) is 11.1. The third-order valence-electron chi connectivity index (χ3n) is 12.5. The second kappa shape index (κ2) is 28.0. The summed E-state index contributed by atoms with van der Waals surface area (Å²) < 4.78 is -1.45. The van der Waals surface area contributed by atoms with Gasteiger partial charge < -0.3 is 63.9 Å². The van der Waals surface area contributed by atoms with Crippen molar-refractivity contribution in [3.05, 3.63) is 112 Å². The summed E-state index contributed by atoms with van der Waals surface area (Å²) in [6.45, 7) is 6.22. The molecule has 14 N–H and O–H groups in total. The third kappa shape index (κ3) is 17.5. The van der Waals surface area contributed by atoms with E-state index in [9.17, 15) is 63.5 Å². The summed E-state index contributed by atoms with van der Waals surface area (Å²) >= 11 is 0. The maximum Gasteiger partial charge on any atom is 0.326 e. The Morgan fingerprint density at radius 2 is 1.31 bits per heavy atom. The number of nitrogens with zero attached hydrogens (tertiary/aromatic N) is 1. The number of nitro groups is 1. The lowest BCUT2D eigenvalue weighted by atomic mass is 9.98. The molecule has 0 spiro atoms. The highest BCUT2D eigenvalue weighted by atomic mass is 33.1. The number of aromatic amines is 1. The summed E-state index contributed by atoms with van der Waals surface area (Å²) in [5.41, 5.74) is 13.8. The van der Waals surface area contributed by atoms with Crippen LogP contribution in [0.25, 0.3) is 10.9 Å². The van der Waals surface area contributed by atoms with Crippen LogP contribution in [0.3, 0.4) is 0 Å². The average molecular weight is 1100 g/mol. The fourth-order valence-electron chi connectivity index (χ4n) is 8.26. The van der Waals surface area contributed by atoms with Gasteiger partial charge in [-0.2, -0.15) is 0 Å². The van der Waals surface area contributed by atoms with Crippen molar-refractivity contribution in [1.82, 2.24) is 42.2 Å². The number of H-pyrrole nitrogens is 1. The molecule has 4 aromatic rings. The number of nitrogens with one attached hydrogen (secondary N) is 8. The monoisotopic (exact) mass is 1100 g/mol. The predicted octanol–water partition coefficient (Wildman–Crippen LogP) is 0.953. The second-order valence-electron chi connectivity index (χ2n) is 19.3. The number of non-ortho nitro benzene ring substituents is 1. The summed E-state index contributed by atoms with van der Waals surface area (Å²) in [7, 11) is 1.85. The normalized spacial score (nSPS) is 21.7. The van der Waals surface area contributed by atoms with Crippen molar-refractivity contribution in [1.29, 1.82) is 0 Å². The minimum atomic E-state index is -1.64. The number of aromatic nitrogens is 1. The van der Waals surface area contributed by atoms with Crippen LogP contribution in [0.2, 0.25) is 0 Å². The van der Waals surface area contributed by atoms with Crippen LogP contribution in [0.4, 0.5) is 5.69 Å². The van der Waals surface area contributed by atoms with E-state index in [0.717, 1.165) is 21.6 Å². The number of aliphatic carboxylic acids is 2. The van der Waals surface area contributed by atoms with Crippen molar-refractivity contribution in [2.75, 3.05) is 12.3 Å². The number of hydrogen-bond acceptors (Lipinski definition) is 15. The van der Waals surface area contributed by atoms with Gasteiger partial charge in [0.25, 0.3) is 5.69 Å². The van der Waals surface area contributed by atoms with Crippen molar-refractivity contribution in [2.24, 2.45) is 17.4 Å². The number of benzene rings is 3. The summed E-state index contributed by atoms with van der Waals surface area (Å²) in [6, 6.07) is 8.72. The second-order valence-corrected chi connectivity index (χ2v) is 22.3. The first-order valence-corrected chi connectivity index (χ1v) is 27.0. The molecular weight excluding hydrogens is 1040 g/mol. The number of nitro benzene ring substituents is 1. The molecule has 3 aromatic carbocycles. The Hall–Kier alpha value is -7.55. The molecule has 77 heavy (non-hydrogen) atoms. The molecule has 1 fully saturated rings. The number of fused-ring (bicyclic) bond motifs is 1. The topological polar surface area (TPSA) is 389 Å². The molecule has 0 saturated carbocycles. The van der Waals surface area contributed by atoms with Gasteiger partial charge in [-0.3, -0.25) is 48.5 Å². The molecule has 24 nitrogen and oxygen atoms in total. The number of carbonyl (C=O) groups is 9. The van der Waals surface area contributed by atoms with E-state index < -0.39 is 124 Å². The van der Waals surface area contributed by atoms with Crippen LogP contribution in [0.1, 0.15) is 63.6 Å². The van der Waals surface area contributed by atoms with Crippen LogP contribution in [-0.2, 0) is 62.4 Å². The molecule has 1 aliphatic rings. The van der Waals surface area contributed by atoms with Crippen LogP contribution in [0.15, 0.2) is 85.1 Å². The molecule has 0 bridgehead atoms. The maximum atomic E-state index is 14.9. The Labute approximate surface area is 451 Å². The Balaban J connectivity index is 1.67. The van der Waals surface area contributed by atoms with Gasteiger partial charge in [0.2, 0.25) is 41.4 Å². The highest BCUT2D eigenvalue weighted by Gasteiger charge is 2.42. The zero-order chi connectivity index (χ0) is 56.6. The first-order valence-electron chi connectivity index (χ1n) is 24.6. The lowest BCUT2D eigenvalue weighted by molar-refractivity contribution is -0.384. The van der Waals surface area contributed by atoms with Crippen LogP contribution < -0.4 is 48.7 Å². The summed E-state index contributed by atoms with van der Waals surface area (Å²) in [6.07, 6.45) is 0.312. The van der Waals surface area contributed by atoms with Crippen molar-refractivity contribution in [3.8, 4) is 0 Å². The summed E-state index contributed by atoms with van der Waals surface area (Å²) in [5, 5.41) is 50.3. The molecule has 1 aromatic heterocycles. The average Bonchev–Trinajstić information content (AvgIpc) is 3.79. The number of carboxylic acids is 2. The lowest BCUT2D eigenvalue weighted by Crippen LogP contribution is -2.63. The first kappa shape index (κ1) is 60.3. The number of amides is 7. The third-order valence-corrected chi connectivity index (χ3v) is 15.8. The Morgan fingerprint density at radius 1 is 0.766 bits per heavy atom. The Kier molecular flexibility index (Phi) is 21.9. The SMILES string of the molecule is CC(C)[C@H](NC(=O)[C@@H]1CSSC(C)(C)[C@H](NC(=O)[C@@H](N)CC(=O)O)C(=O)N[C@@H](Cc2ccccc2)C(=O)N[C@H](Cc2c[nH]c3ccccc23)C(=O)N[C@@H](CCCN)C(=O)N[C@@H](Cc2ccc([N+](=O)[O-])cc2)C(=O)N1)C(=O)O. The van der Waals surface area contributed by atoms with E-state index >= 15 is 0 Å². The molecule has 414 valence electrons. The van der Waals surface area contributed by atoms with Gasteiger partial charge in [0.05, 0.1) is 17.4 Å². The minimum Gasteiger partial charge on any atom is -0.481 e. The molecule has 0 aliphatic carbocycles. The van der Waals surface area contributed by atoms with Gasteiger partial charge in [0.15, 0.2) is 0 Å². The van der Waals surface area contributed by atoms with Gasteiger partial charge in [-0.15, -0.1) is 0 Å². The van der Waals surface area contributed by atoms with Crippen LogP contribution in [0, 0.1) is 16.0 Å². The fraction of sp³-hybridized carbons (Fsp3) is 0.431. The molecule has 0 unspecified atom stereocenters. The van der Waals surface area contributed by atoms with Crippen molar-refractivity contribution in [3.63, 3.8) is 0 Å². The number of carboxylic acid groups (broad SMARTS) is 2. The van der Waals surface area contributed by atoms with E-state index in [1.165, 1.54) is 38.1 Å². The number of nitrogens with two attached hydrogens (primary N) is 2. The molecular formula is C51H65N11O13S2. The van der Waals surface area contributed by atoms with Gasteiger partial charge in [-0.1, -0.05) is 96.1 Å². The summed E-state index contributed by atoms with van der Waals surface area (Å²) in [4.78, 5) is 139. The minimum absolute atomic E-state index is 0.0622. The van der Waals surface area contributed by atoms with Gasteiger partial charge in [0, 0.05) is 59.0 Å². The Morgan fingerprint density at radius 3 is 1.90 bits per heavy atom. The molecule has 7 amide bonds. The maximum absolute atomic E-state index is 14.9. The van der Waals surface area contributed by atoms with Crippen molar-refractivity contribution >= 4 is 91.5 Å². The van der Waals surface area contributed by atoms with Gasteiger partial charge >= 0.3 is 11.9 Å². The molecule has 1 saturated heterocycles. The molecule has 2 heterocycles.